The van der Waals surface area contributed by atoms with Gasteiger partial charge in [-0.05, 0) is 48.0 Å². The van der Waals surface area contributed by atoms with E-state index < -0.39 is 12.0 Å². The number of anilines is 2. The third-order valence-corrected chi connectivity index (χ3v) is 5.14. The zero-order valence-electron chi connectivity index (χ0n) is 18.1. The smallest absolute Gasteiger partial charge is 0.451 e. The van der Waals surface area contributed by atoms with Gasteiger partial charge >= 0.3 is 6.18 Å². The van der Waals surface area contributed by atoms with Crippen LogP contribution in [0.1, 0.15) is 11.4 Å². The molecule has 10 heteroatoms. The van der Waals surface area contributed by atoms with Crippen molar-refractivity contribution in [2.75, 3.05) is 19.5 Å². The fourth-order valence-corrected chi connectivity index (χ4v) is 3.32. The fraction of sp³-hybridized carbons (Fsp3) is 0.167. The standard InChI is InChI=1S/C24H19ClF3N3O3/c1-32-20-11-18-19(12-21(20)33-2)30-23(24(26,27)28)31-22(18)29-16-7-9-17(10-8-16)34-13-14-3-5-15(25)6-4-14/h3-12H,13H2,1-2H3,(H,29,30,31). The van der Waals surface area contributed by atoms with Crippen molar-refractivity contribution in [3.63, 3.8) is 0 Å². The number of halogens is 4. The van der Waals surface area contributed by atoms with E-state index in [9.17, 15) is 13.2 Å². The maximum Gasteiger partial charge on any atom is 0.451 e. The van der Waals surface area contributed by atoms with Gasteiger partial charge in [0.05, 0.1) is 19.7 Å². The summed E-state index contributed by atoms with van der Waals surface area (Å²) in [5.41, 5.74) is 1.52. The summed E-state index contributed by atoms with van der Waals surface area (Å²) in [7, 11) is 2.83. The van der Waals surface area contributed by atoms with Crippen molar-refractivity contribution in [2.45, 2.75) is 12.8 Å². The summed E-state index contributed by atoms with van der Waals surface area (Å²) in [5.74, 6) is -0.0940. The van der Waals surface area contributed by atoms with Gasteiger partial charge in [0.25, 0.3) is 0 Å². The van der Waals surface area contributed by atoms with Crippen LogP contribution in [-0.2, 0) is 12.8 Å². The van der Waals surface area contributed by atoms with Crippen molar-refractivity contribution in [3.05, 3.63) is 77.1 Å². The van der Waals surface area contributed by atoms with Crippen LogP contribution in [0.4, 0.5) is 24.7 Å². The SMILES string of the molecule is COc1cc2nc(C(F)(F)F)nc(Nc3ccc(OCc4ccc(Cl)cc4)cc3)c2cc1OC. The van der Waals surface area contributed by atoms with Gasteiger partial charge in [0.1, 0.15) is 18.2 Å². The summed E-state index contributed by atoms with van der Waals surface area (Å²) in [5, 5.41) is 3.92. The lowest BCUT2D eigenvalue weighted by atomic mass is 10.2. The van der Waals surface area contributed by atoms with Crippen LogP contribution in [0.3, 0.4) is 0 Å². The Kier molecular flexibility index (Phi) is 6.65. The number of methoxy groups -OCH3 is 2. The Hall–Kier alpha value is -3.72. The van der Waals surface area contributed by atoms with Gasteiger partial charge < -0.3 is 19.5 Å². The van der Waals surface area contributed by atoms with E-state index in [-0.39, 0.29) is 17.1 Å². The molecule has 0 radical (unpaired) electrons. The molecule has 0 saturated carbocycles. The molecule has 1 heterocycles. The summed E-state index contributed by atoms with van der Waals surface area (Å²) in [6, 6.07) is 17.0. The molecule has 0 saturated heterocycles. The van der Waals surface area contributed by atoms with Crippen LogP contribution >= 0.6 is 11.6 Å². The molecule has 4 aromatic rings. The second kappa shape index (κ2) is 9.64. The van der Waals surface area contributed by atoms with Crippen molar-refractivity contribution in [1.29, 1.82) is 0 Å². The largest absolute Gasteiger partial charge is 0.493 e. The first-order valence-electron chi connectivity index (χ1n) is 10.0. The molecule has 0 bridgehead atoms. The highest BCUT2D eigenvalue weighted by atomic mass is 35.5. The predicted molar refractivity (Wildman–Crippen MR) is 123 cm³/mol. The number of nitrogens with one attached hydrogen (secondary N) is 1. The van der Waals surface area contributed by atoms with Crippen molar-refractivity contribution < 1.29 is 27.4 Å². The topological polar surface area (TPSA) is 65.5 Å². The Balaban J connectivity index is 1.61. The summed E-state index contributed by atoms with van der Waals surface area (Å²) < 4.78 is 56.5. The molecule has 34 heavy (non-hydrogen) atoms. The highest BCUT2D eigenvalue weighted by Crippen LogP contribution is 2.37. The van der Waals surface area contributed by atoms with E-state index in [1.54, 1.807) is 36.4 Å². The fourth-order valence-electron chi connectivity index (χ4n) is 3.20. The van der Waals surface area contributed by atoms with E-state index in [2.05, 4.69) is 15.3 Å². The molecule has 3 aromatic carbocycles. The van der Waals surface area contributed by atoms with Gasteiger partial charge in [0.15, 0.2) is 11.5 Å². The zero-order chi connectivity index (χ0) is 24.3. The Bertz CT molecular complexity index is 1300. The van der Waals surface area contributed by atoms with Gasteiger partial charge in [-0.15, -0.1) is 0 Å². The molecule has 4 rings (SSSR count). The van der Waals surface area contributed by atoms with E-state index in [0.717, 1.165) is 5.56 Å². The number of ether oxygens (including phenoxy) is 3. The Morgan fingerprint density at radius 1 is 0.882 bits per heavy atom. The molecule has 0 aliphatic heterocycles. The first-order chi connectivity index (χ1) is 16.3. The highest BCUT2D eigenvalue weighted by Gasteiger charge is 2.35. The van der Waals surface area contributed by atoms with E-state index in [1.165, 1.54) is 26.4 Å². The summed E-state index contributed by atoms with van der Waals surface area (Å²) in [6.45, 7) is 0.344. The molecule has 1 N–H and O–H groups in total. The van der Waals surface area contributed by atoms with Gasteiger partial charge in [-0.1, -0.05) is 23.7 Å². The van der Waals surface area contributed by atoms with Crippen LogP contribution in [0.15, 0.2) is 60.7 Å². The molecular weight excluding hydrogens is 471 g/mol. The highest BCUT2D eigenvalue weighted by molar-refractivity contribution is 6.30. The molecule has 1 aromatic heterocycles. The van der Waals surface area contributed by atoms with Crippen molar-refractivity contribution >= 4 is 34.0 Å². The van der Waals surface area contributed by atoms with E-state index in [0.29, 0.717) is 34.2 Å². The van der Waals surface area contributed by atoms with Crippen molar-refractivity contribution in [3.8, 4) is 17.2 Å². The van der Waals surface area contributed by atoms with Crippen LogP contribution in [0.5, 0.6) is 17.2 Å². The van der Waals surface area contributed by atoms with Crippen molar-refractivity contribution in [1.82, 2.24) is 9.97 Å². The third kappa shape index (κ3) is 5.26. The first-order valence-corrected chi connectivity index (χ1v) is 10.4. The molecule has 0 spiro atoms. The average molecular weight is 490 g/mol. The molecule has 176 valence electrons. The molecule has 0 atom stereocenters. The number of fused-ring (bicyclic) bond motifs is 1. The minimum absolute atomic E-state index is 0.0203. The Labute approximate surface area is 198 Å². The lowest BCUT2D eigenvalue weighted by Crippen LogP contribution is -2.13. The quantitative estimate of drug-likeness (QED) is 0.314. The Morgan fingerprint density at radius 2 is 1.53 bits per heavy atom. The van der Waals surface area contributed by atoms with Gasteiger partial charge in [0.2, 0.25) is 5.82 Å². The molecule has 0 unspecified atom stereocenters. The van der Waals surface area contributed by atoms with Crippen molar-refractivity contribution in [2.24, 2.45) is 0 Å². The zero-order valence-corrected chi connectivity index (χ0v) is 18.9. The monoisotopic (exact) mass is 489 g/mol. The third-order valence-electron chi connectivity index (χ3n) is 4.89. The van der Waals surface area contributed by atoms with E-state index in [1.807, 2.05) is 12.1 Å². The van der Waals surface area contributed by atoms with Gasteiger partial charge in [-0.2, -0.15) is 13.2 Å². The first kappa shape index (κ1) is 23.4. The maximum absolute atomic E-state index is 13.4. The van der Waals surface area contributed by atoms with Crippen LogP contribution in [0.2, 0.25) is 5.02 Å². The molecule has 0 amide bonds. The molecule has 0 fully saturated rings. The minimum Gasteiger partial charge on any atom is -0.493 e. The summed E-state index contributed by atoms with van der Waals surface area (Å²) in [6.07, 6.45) is -4.73. The Morgan fingerprint density at radius 3 is 2.15 bits per heavy atom. The van der Waals surface area contributed by atoms with Gasteiger partial charge in [-0.25, -0.2) is 9.97 Å². The molecule has 0 aliphatic rings. The van der Waals surface area contributed by atoms with Crippen LogP contribution < -0.4 is 19.5 Å². The molecular formula is C24H19ClF3N3O3. The average Bonchev–Trinajstić information content (AvgIpc) is 2.83. The summed E-state index contributed by atoms with van der Waals surface area (Å²) >= 11 is 5.88. The van der Waals surface area contributed by atoms with Gasteiger partial charge in [0, 0.05) is 22.2 Å². The normalized spacial score (nSPS) is 11.4. The van der Waals surface area contributed by atoms with Crippen LogP contribution in [-0.4, -0.2) is 24.2 Å². The number of hydrogen-bond acceptors (Lipinski definition) is 6. The summed E-state index contributed by atoms with van der Waals surface area (Å²) in [4.78, 5) is 7.38. The lowest BCUT2D eigenvalue weighted by molar-refractivity contribution is -0.144. The van der Waals surface area contributed by atoms with Crippen LogP contribution in [0, 0.1) is 0 Å². The molecule has 0 aliphatic carbocycles. The lowest BCUT2D eigenvalue weighted by Gasteiger charge is -2.15. The predicted octanol–water partition coefficient (Wildman–Crippen LogP) is 6.64. The number of benzene rings is 3. The number of rotatable bonds is 7. The number of nitrogens with zero attached hydrogens (tertiary/aromatic N) is 2. The maximum atomic E-state index is 13.4. The van der Waals surface area contributed by atoms with E-state index in [4.69, 9.17) is 25.8 Å². The second-order valence-corrected chi connectivity index (χ2v) is 7.62. The number of alkyl halides is 3. The molecule has 6 nitrogen and oxygen atoms in total. The van der Waals surface area contributed by atoms with Gasteiger partial charge in [-0.3, -0.25) is 0 Å². The number of aromatic nitrogens is 2. The van der Waals surface area contributed by atoms with E-state index >= 15 is 0 Å². The van der Waals surface area contributed by atoms with Crippen LogP contribution in [0.25, 0.3) is 10.9 Å². The second-order valence-electron chi connectivity index (χ2n) is 7.18. The number of hydrogen-bond donors (Lipinski definition) is 1. The minimum atomic E-state index is -4.73.